The van der Waals surface area contributed by atoms with Crippen molar-refractivity contribution in [3.05, 3.63) is 59.8 Å². The first kappa shape index (κ1) is 18.6. The van der Waals surface area contributed by atoms with Gasteiger partial charge in [-0.05, 0) is 43.0 Å². The maximum atomic E-state index is 12.6. The fourth-order valence-corrected chi connectivity index (χ4v) is 3.61. The lowest BCUT2D eigenvalue weighted by molar-refractivity contribution is -0.124. The van der Waals surface area contributed by atoms with Crippen LogP contribution in [-0.2, 0) is 17.8 Å². The summed E-state index contributed by atoms with van der Waals surface area (Å²) in [5, 5.41) is 0. The van der Waals surface area contributed by atoms with E-state index in [9.17, 15) is 4.79 Å². The van der Waals surface area contributed by atoms with Crippen LogP contribution in [-0.4, -0.2) is 42.9 Å². The van der Waals surface area contributed by atoms with Crippen LogP contribution in [0.5, 0.6) is 0 Å². The first-order chi connectivity index (χ1) is 12.6. The molecule has 1 atom stereocenters. The molecule has 0 aliphatic carbocycles. The molecule has 26 heavy (non-hydrogen) atoms. The molecule has 0 amide bonds. The van der Waals surface area contributed by atoms with E-state index in [0.29, 0.717) is 12.2 Å². The molecule has 1 aromatic carbocycles. The second-order valence-corrected chi connectivity index (χ2v) is 7.45. The van der Waals surface area contributed by atoms with Gasteiger partial charge in [0.2, 0.25) is 0 Å². The largest absolute Gasteiger partial charge is 0.363 e. The number of carbonyl (C=O) groups is 1. The highest BCUT2D eigenvalue weighted by Crippen LogP contribution is 2.21. The van der Waals surface area contributed by atoms with Crippen LogP contribution in [0.3, 0.4) is 0 Å². The van der Waals surface area contributed by atoms with Crippen molar-refractivity contribution in [1.82, 2.24) is 9.88 Å². The normalized spacial score (nSPS) is 17.8. The van der Waals surface area contributed by atoms with Crippen LogP contribution in [0.15, 0.2) is 48.7 Å². The molecule has 1 fully saturated rings. The number of pyridine rings is 1. The fourth-order valence-electron chi connectivity index (χ4n) is 3.61. The van der Waals surface area contributed by atoms with Crippen LogP contribution in [0.25, 0.3) is 0 Å². The summed E-state index contributed by atoms with van der Waals surface area (Å²) in [6.07, 6.45) is 5.59. The molecule has 1 saturated heterocycles. The van der Waals surface area contributed by atoms with Gasteiger partial charge in [-0.3, -0.25) is 9.69 Å². The number of benzene rings is 1. The molecule has 1 aromatic heterocycles. The Morgan fingerprint density at radius 2 is 1.96 bits per heavy atom. The Morgan fingerprint density at radius 1 is 1.15 bits per heavy atom. The SMILES string of the molecule is CN(C)c1ccc(CN2CCC[C@@H](C(=O)CCc3ccccc3)C2)cn1. The molecule has 3 rings (SSSR count). The zero-order valence-electron chi connectivity index (χ0n) is 15.9. The summed E-state index contributed by atoms with van der Waals surface area (Å²) in [5.74, 6) is 1.57. The predicted octanol–water partition coefficient (Wildman–Crippen LogP) is 3.56. The first-order valence-electron chi connectivity index (χ1n) is 9.53. The van der Waals surface area contributed by atoms with Crippen molar-refractivity contribution in [2.24, 2.45) is 5.92 Å². The third-order valence-corrected chi connectivity index (χ3v) is 5.14. The van der Waals surface area contributed by atoms with Gasteiger partial charge >= 0.3 is 0 Å². The Balaban J connectivity index is 1.51. The van der Waals surface area contributed by atoms with E-state index in [0.717, 1.165) is 44.7 Å². The fraction of sp³-hybridized carbons (Fsp3) is 0.455. The van der Waals surface area contributed by atoms with E-state index in [1.165, 1.54) is 11.1 Å². The van der Waals surface area contributed by atoms with Gasteiger partial charge in [-0.2, -0.15) is 0 Å². The number of aryl methyl sites for hydroxylation is 1. The Kier molecular flexibility index (Phi) is 6.40. The Hall–Kier alpha value is -2.20. The van der Waals surface area contributed by atoms with Gasteiger partial charge in [-0.15, -0.1) is 0 Å². The van der Waals surface area contributed by atoms with Gasteiger partial charge in [0.1, 0.15) is 11.6 Å². The lowest BCUT2D eigenvalue weighted by Crippen LogP contribution is -2.38. The highest BCUT2D eigenvalue weighted by atomic mass is 16.1. The van der Waals surface area contributed by atoms with Crippen LogP contribution in [0, 0.1) is 5.92 Å². The van der Waals surface area contributed by atoms with Crippen molar-refractivity contribution in [1.29, 1.82) is 0 Å². The molecule has 4 nitrogen and oxygen atoms in total. The van der Waals surface area contributed by atoms with E-state index in [1.54, 1.807) is 0 Å². The standard InChI is InChI=1S/C22H29N3O/c1-24(2)22-13-11-19(15-23-22)16-25-14-6-9-20(17-25)21(26)12-10-18-7-4-3-5-8-18/h3-5,7-8,11,13,15,20H,6,9-10,12,14,16-17H2,1-2H3/t20-/m1/s1. The average Bonchev–Trinajstić information content (AvgIpc) is 2.67. The van der Waals surface area contributed by atoms with Gasteiger partial charge in [-0.1, -0.05) is 36.4 Å². The summed E-state index contributed by atoms with van der Waals surface area (Å²) in [5.41, 5.74) is 2.47. The third kappa shape index (κ3) is 5.15. The molecule has 138 valence electrons. The van der Waals surface area contributed by atoms with Gasteiger partial charge in [-0.25, -0.2) is 4.98 Å². The maximum absolute atomic E-state index is 12.6. The van der Waals surface area contributed by atoms with E-state index >= 15 is 0 Å². The molecule has 0 bridgehead atoms. The molecule has 0 radical (unpaired) electrons. The lowest BCUT2D eigenvalue weighted by atomic mass is 9.90. The summed E-state index contributed by atoms with van der Waals surface area (Å²) < 4.78 is 0. The molecule has 2 aromatic rings. The zero-order valence-corrected chi connectivity index (χ0v) is 15.9. The minimum absolute atomic E-state index is 0.182. The Bertz CT molecular complexity index is 697. The van der Waals surface area contributed by atoms with Gasteiger partial charge in [0.15, 0.2) is 0 Å². The second kappa shape index (κ2) is 8.95. The van der Waals surface area contributed by atoms with Gasteiger partial charge in [0.25, 0.3) is 0 Å². The van der Waals surface area contributed by atoms with E-state index < -0.39 is 0 Å². The van der Waals surface area contributed by atoms with E-state index in [2.05, 4.69) is 34.1 Å². The number of hydrogen-bond acceptors (Lipinski definition) is 4. The summed E-state index contributed by atoms with van der Waals surface area (Å²) in [4.78, 5) is 21.5. The quantitative estimate of drug-likeness (QED) is 0.764. The van der Waals surface area contributed by atoms with E-state index in [4.69, 9.17) is 0 Å². The molecule has 0 spiro atoms. The predicted molar refractivity (Wildman–Crippen MR) is 106 cm³/mol. The molecule has 1 aliphatic rings. The van der Waals surface area contributed by atoms with Crippen molar-refractivity contribution in [2.75, 3.05) is 32.1 Å². The summed E-state index contributed by atoms with van der Waals surface area (Å²) >= 11 is 0. The van der Waals surface area contributed by atoms with Crippen molar-refractivity contribution < 1.29 is 4.79 Å². The molecule has 1 aliphatic heterocycles. The van der Waals surface area contributed by atoms with Crippen molar-refractivity contribution in [3.63, 3.8) is 0 Å². The van der Waals surface area contributed by atoms with Crippen molar-refractivity contribution >= 4 is 11.6 Å². The van der Waals surface area contributed by atoms with Crippen LogP contribution >= 0.6 is 0 Å². The summed E-state index contributed by atoms with van der Waals surface area (Å²) in [6.45, 7) is 2.82. The van der Waals surface area contributed by atoms with Crippen LogP contribution in [0.1, 0.15) is 30.4 Å². The van der Waals surface area contributed by atoms with Gasteiger partial charge < -0.3 is 4.90 Å². The first-order valence-corrected chi connectivity index (χ1v) is 9.53. The number of likely N-dealkylation sites (tertiary alicyclic amines) is 1. The number of carbonyl (C=O) groups excluding carboxylic acids is 1. The minimum Gasteiger partial charge on any atom is -0.363 e. The number of Topliss-reactive ketones (excluding diaryl/α,β-unsaturated/α-hetero) is 1. The minimum atomic E-state index is 0.182. The second-order valence-electron chi connectivity index (χ2n) is 7.45. The number of ketones is 1. The summed E-state index contributed by atoms with van der Waals surface area (Å²) in [7, 11) is 4.00. The van der Waals surface area contributed by atoms with Crippen molar-refractivity contribution in [2.45, 2.75) is 32.2 Å². The topological polar surface area (TPSA) is 36.4 Å². The van der Waals surface area contributed by atoms with E-state index in [1.807, 2.05) is 43.4 Å². The number of hydrogen-bond donors (Lipinski definition) is 0. The van der Waals surface area contributed by atoms with Gasteiger partial charge in [0.05, 0.1) is 0 Å². The molecular formula is C22H29N3O. The maximum Gasteiger partial charge on any atom is 0.137 e. The molecule has 0 saturated carbocycles. The lowest BCUT2D eigenvalue weighted by Gasteiger charge is -2.32. The van der Waals surface area contributed by atoms with Crippen LogP contribution in [0.2, 0.25) is 0 Å². The number of anilines is 1. The Morgan fingerprint density at radius 3 is 2.65 bits per heavy atom. The number of nitrogens with zero attached hydrogens (tertiary/aromatic N) is 3. The summed E-state index contributed by atoms with van der Waals surface area (Å²) in [6, 6.07) is 14.5. The highest BCUT2D eigenvalue weighted by molar-refractivity contribution is 5.81. The Labute approximate surface area is 156 Å². The molecular weight excluding hydrogens is 322 g/mol. The van der Waals surface area contributed by atoms with Gasteiger partial charge in [0, 0.05) is 45.7 Å². The monoisotopic (exact) mass is 351 g/mol. The molecule has 4 heteroatoms. The van der Waals surface area contributed by atoms with Crippen molar-refractivity contribution in [3.8, 4) is 0 Å². The number of piperidine rings is 1. The van der Waals surface area contributed by atoms with Crippen LogP contribution < -0.4 is 4.90 Å². The van der Waals surface area contributed by atoms with E-state index in [-0.39, 0.29) is 5.92 Å². The molecule has 0 unspecified atom stereocenters. The van der Waals surface area contributed by atoms with Crippen LogP contribution in [0.4, 0.5) is 5.82 Å². The number of rotatable bonds is 7. The number of aromatic nitrogens is 1. The molecule has 2 heterocycles. The zero-order chi connectivity index (χ0) is 18.4. The smallest absolute Gasteiger partial charge is 0.137 e. The highest BCUT2D eigenvalue weighted by Gasteiger charge is 2.25. The average molecular weight is 351 g/mol. The molecule has 0 N–H and O–H groups in total. The third-order valence-electron chi connectivity index (χ3n) is 5.14.